The first-order chi connectivity index (χ1) is 15.6. The number of rotatable bonds is 7. The summed E-state index contributed by atoms with van der Waals surface area (Å²) in [6.07, 6.45) is 0.473. The van der Waals surface area contributed by atoms with Crippen molar-refractivity contribution in [3.63, 3.8) is 0 Å². The van der Waals surface area contributed by atoms with Crippen molar-refractivity contribution < 1.29 is 14.3 Å². The Kier molecular flexibility index (Phi) is 6.55. The molecule has 32 heavy (non-hydrogen) atoms. The Hall–Kier alpha value is -4.00. The molecule has 0 spiro atoms. The number of nitrogens with two attached hydrogens (primary N) is 1. The minimum Gasteiger partial charge on any atom is -0.457 e. The van der Waals surface area contributed by atoms with Crippen molar-refractivity contribution in [1.29, 1.82) is 0 Å². The molecular weight excluding hydrogens is 404 g/mol. The predicted molar refractivity (Wildman–Crippen MR) is 125 cm³/mol. The van der Waals surface area contributed by atoms with E-state index in [9.17, 15) is 4.79 Å². The molecule has 3 aromatic carbocycles. The summed E-state index contributed by atoms with van der Waals surface area (Å²) in [5.41, 5.74) is 9.49. The molecule has 0 atom stereocenters. The molecule has 1 amide bonds. The molecule has 0 bridgehead atoms. The molecule has 164 valence electrons. The summed E-state index contributed by atoms with van der Waals surface area (Å²) in [6, 6.07) is 22.5. The van der Waals surface area contributed by atoms with Gasteiger partial charge in [0, 0.05) is 30.4 Å². The Morgan fingerprint density at radius 2 is 1.88 bits per heavy atom. The normalized spacial score (nSPS) is 12.5. The summed E-state index contributed by atoms with van der Waals surface area (Å²) in [4.78, 5) is 18.7. The van der Waals surface area contributed by atoms with E-state index >= 15 is 0 Å². The van der Waals surface area contributed by atoms with Crippen LogP contribution >= 0.6 is 0 Å². The lowest BCUT2D eigenvalue weighted by Gasteiger charge is -2.28. The molecule has 3 aromatic rings. The third kappa shape index (κ3) is 5.37. The monoisotopic (exact) mass is 430 g/mol. The average Bonchev–Trinajstić information content (AvgIpc) is 2.79. The highest BCUT2D eigenvalue weighted by Gasteiger charge is 2.17. The zero-order valence-corrected chi connectivity index (χ0v) is 18.0. The van der Waals surface area contributed by atoms with Crippen LogP contribution in [0.1, 0.15) is 24.5 Å². The first-order valence-electron chi connectivity index (χ1n) is 10.6. The number of hydrogen-bond acceptors (Lipinski definition) is 6. The fourth-order valence-electron chi connectivity index (χ4n) is 3.46. The number of nitrogens with one attached hydrogen (secondary N) is 1. The Morgan fingerprint density at radius 1 is 1.06 bits per heavy atom. The average molecular weight is 431 g/mol. The summed E-state index contributed by atoms with van der Waals surface area (Å²) >= 11 is 0. The minimum absolute atomic E-state index is 0.208. The van der Waals surface area contributed by atoms with Gasteiger partial charge in [-0.25, -0.2) is 9.79 Å². The van der Waals surface area contributed by atoms with Crippen molar-refractivity contribution in [2.24, 2.45) is 10.7 Å². The highest BCUT2D eigenvalue weighted by molar-refractivity contribution is 5.85. The van der Waals surface area contributed by atoms with E-state index in [2.05, 4.69) is 22.1 Å². The lowest BCUT2D eigenvalue weighted by molar-refractivity contribution is 0.155. The third-order valence-electron chi connectivity index (χ3n) is 4.99. The molecule has 3 N–H and O–H groups in total. The zero-order valence-electron chi connectivity index (χ0n) is 18.0. The zero-order chi connectivity index (χ0) is 22.3. The molecule has 0 fully saturated rings. The highest BCUT2D eigenvalue weighted by atomic mass is 16.5. The number of carbonyl (C=O) groups excluding carboxylic acids is 1. The van der Waals surface area contributed by atoms with Crippen molar-refractivity contribution in [2.75, 3.05) is 11.9 Å². The molecule has 1 aliphatic rings. The molecule has 0 saturated carbocycles. The largest absolute Gasteiger partial charge is 0.457 e. The van der Waals surface area contributed by atoms with Crippen molar-refractivity contribution >= 4 is 23.4 Å². The summed E-state index contributed by atoms with van der Waals surface area (Å²) < 4.78 is 11.3. The smallest absolute Gasteiger partial charge is 0.411 e. The van der Waals surface area contributed by atoms with Crippen LogP contribution in [0.5, 0.6) is 11.5 Å². The van der Waals surface area contributed by atoms with Crippen LogP contribution in [0.15, 0.2) is 77.8 Å². The quantitative estimate of drug-likeness (QED) is 0.524. The number of aliphatic imine (C=N–C) groups is 1. The first kappa shape index (κ1) is 21.2. The number of fused-ring (bicyclic) bond motifs is 1. The Balaban J connectivity index is 1.39. The van der Waals surface area contributed by atoms with Gasteiger partial charge in [-0.15, -0.1) is 0 Å². The third-order valence-corrected chi connectivity index (χ3v) is 4.99. The fraction of sp³-hybridized carbons (Fsp3) is 0.200. The number of guanidine groups is 1. The van der Waals surface area contributed by atoms with E-state index in [4.69, 9.17) is 15.2 Å². The number of ether oxygens (including phenoxy) is 2. The van der Waals surface area contributed by atoms with Crippen molar-refractivity contribution in [2.45, 2.75) is 26.5 Å². The van der Waals surface area contributed by atoms with Crippen molar-refractivity contribution in [1.82, 2.24) is 4.90 Å². The van der Waals surface area contributed by atoms with Crippen LogP contribution in [0.2, 0.25) is 0 Å². The number of nitrogens with zero attached hydrogens (tertiary/aromatic N) is 2. The van der Waals surface area contributed by atoms with E-state index in [1.807, 2.05) is 60.7 Å². The van der Waals surface area contributed by atoms with Crippen LogP contribution in [-0.2, 0) is 17.9 Å². The van der Waals surface area contributed by atoms with Gasteiger partial charge in [-0.1, -0.05) is 43.3 Å². The molecule has 0 aliphatic carbocycles. The molecule has 1 heterocycles. The van der Waals surface area contributed by atoms with Gasteiger partial charge in [-0.05, 0) is 42.3 Å². The maximum atomic E-state index is 12.1. The van der Waals surface area contributed by atoms with Gasteiger partial charge in [-0.2, -0.15) is 0 Å². The van der Waals surface area contributed by atoms with E-state index in [-0.39, 0.29) is 6.61 Å². The lowest BCUT2D eigenvalue weighted by atomic mass is 10.1. The van der Waals surface area contributed by atoms with Gasteiger partial charge in [0.05, 0.1) is 5.69 Å². The van der Waals surface area contributed by atoms with E-state index < -0.39 is 6.09 Å². The van der Waals surface area contributed by atoms with Crippen molar-refractivity contribution in [3.05, 3.63) is 83.9 Å². The molecule has 1 aliphatic heterocycles. The molecule has 0 unspecified atom stereocenters. The molecule has 0 aromatic heterocycles. The topological polar surface area (TPSA) is 89.2 Å². The molecule has 7 nitrogen and oxygen atoms in total. The maximum Gasteiger partial charge on any atom is 0.411 e. The first-order valence-corrected chi connectivity index (χ1v) is 10.6. The second-order valence-electron chi connectivity index (χ2n) is 7.50. The van der Waals surface area contributed by atoms with E-state index in [1.54, 1.807) is 12.1 Å². The Bertz CT molecular complexity index is 1120. The van der Waals surface area contributed by atoms with E-state index in [0.717, 1.165) is 29.8 Å². The number of carbonyl (C=O) groups is 1. The highest BCUT2D eigenvalue weighted by Crippen LogP contribution is 2.32. The summed E-state index contributed by atoms with van der Waals surface area (Å²) in [7, 11) is 0. The second-order valence-corrected chi connectivity index (χ2v) is 7.50. The molecule has 7 heteroatoms. The molecule has 0 saturated heterocycles. The van der Waals surface area contributed by atoms with E-state index in [1.165, 1.54) is 0 Å². The maximum absolute atomic E-state index is 12.1. The minimum atomic E-state index is -0.522. The van der Waals surface area contributed by atoms with E-state index in [0.29, 0.717) is 29.7 Å². The number of anilines is 1. The van der Waals surface area contributed by atoms with Gasteiger partial charge in [0.25, 0.3) is 0 Å². The molecule has 0 radical (unpaired) electrons. The van der Waals surface area contributed by atoms with Gasteiger partial charge in [0.2, 0.25) is 0 Å². The summed E-state index contributed by atoms with van der Waals surface area (Å²) in [5, 5.41) is 2.73. The SMILES string of the molecule is CCCN1Cc2cc(Oc3cccc(NC(=O)OCc4ccccc4)c3)ccc2N=C1N. The molecule has 4 rings (SSSR count). The van der Waals surface area contributed by atoms with Gasteiger partial charge in [-0.3, -0.25) is 5.32 Å². The van der Waals surface area contributed by atoms with Crippen LogP contribution < -0.4 is 15.8 Å². The standard InChI is InChI=1S/C25H26N4O3/c1-2-13-29-16-19-14-22(11-12-23(19)28-24(29)26)32-21-10-6-9-20(15-21)27-25(30)31-17-18-7-4-3-5-8-18/h3-12,14-15H,2,13,16-17H2,1H3,(H2,26,28)(H,27,30). The van der Waals surface area contributed by atoms with Gasteiger partial charge >= 0.3 is 6.09 Å². The number of hydrogen-bond donors (Lipinski definition) is 2. The van der Waals surface area contributed by atoms with Crippen molar-refractivity contribution in [3.8, 4) is 11.5 Å². The number of benzene rings is 3. The molecular formula is C25H26N4O3. The van der Waals surface area contributed by atoms with Gasteiger partial charge < -0.3 is 20.1 Å². The predicted octanol–water partition coefficient (Wildman–Crippen LogP) is 5.40. The lowest BCUT2D eigenvalue weighted by Crippen LogP contribution is -2.39. The number of amides is 1. The Morgan fingerprint density at radius 3 is 2.69 bits per heavy atom. The van der Waals surface area contributed by atoms with Crippen LogP contribution in [0.4, 0.5) is 16.2 Å². The fourth-order valence-corrected chi connectivity index (χ4v) is 3.46. The summed E-state index contributed by atoms with van der Waals surface area (Å²) in [6.45, 7) is 3.87. The second kappa shape index (κ2) is 9.87. The summed E-state index contributed by atoms with van der Waals surface area (Å²) in [5.74, 6) is 1.85. The van der Waals surface area contributed by atoms with Crippen LogP contribution in [0.25, 0.3) is 0 Å². The van der Waals surface area contributed by atoms with Crippen LogP contribution in [-0.4, -0.2) is 23.5 Å². The van der Waals surface area contributed by atoms with Gasteiger partial charge in [0.1, 0.15) is 18.1 Å². The van der Waals surface area contributed by atoms with Crippen LogP contribution in [0.3, 0.4) is 0 Å². The van der Waals surface area contributed by atoms with Crippen LogP contribution in [0, 0.1) is 0 Å². The van der Waals surface area contributed by atoms with Gasteiger partial charge in [0.15, 0.2) is 5.96 Å². The Labute approximate surface area is 187 Å².